The van der Waals surface area contributed by atoms with Crippen molar-refractivity contribution >= 4 is 81.7 Å². The first-order chi connectivity index (χ1) is 16.2. The van der Waals surface area contributed by atoms with Crippen LogP contribution in [0.3, 0.4) is 0 Å². The number of aromatic hydroxyl groups is 2. The molecule has 0 radical (unpaired) electrons. The lowest BCUT2D eigenvalue weighted by Gasteiger charge is -2.30. The fourth-order valence-corrected chi connectivity index (χ4v) is 6.25. The molecule has 0 unspecified atom stereocenters. The van der Waals surface area contributed by atoms with E-state index in [1.165, 1.54) is 5.56 Å². The monoisotopic (exact) mass is 709 g/mol. The Hall–Kier alpha value is -1.71. The molecule has 4 rings (SSSR count). The van der Waals surface area contributed by atoms with E-state index in [-0.39, 0.29) is 17.3 Å². The van der Waals surface area contributed by atoms with E-state index in [0.717, 1.165) is 11.1 Å². The summed E-state index contributed by atoms with van der Waals surface area (Å²) in [6, 6.07) is 17.3. The molecule has 0 aliphatic carbocycles. The lowest BCUT2D eigenvalue weighted by molar-refractivity contribution is -0.113. The summed E-state index contributed by atoms with van der Waals surface area (Å²) < 4.78 is 2.20. The standard InChI is InChI=1S/C26H19Br4NO3/c27-20-8-16(9-21(28)25(20)33)6-18-13-31(12-15-4-2-1-3-5-15)14-19(24(18)32)7-17-10-22(29)26(34)23(30)11-17/h1-11,33-34H,12-14H2/b18-6+,19-7+. The number of likely N-dealkylation sites (tertiary alicyclic amines) is 1. The van der Waals surface area contributed by atoms with Crippen LogP contribution in [0.4, 0.5) is 0 Å². The lowest BCUT2D eigenvalue weighted by atomic mass is 9.94. The average molecular weight is 713 g/mol. The van der Waals surface area contributed by atoms with E-state index < -0.39 is 0 Å². The zero-order valence-corrected chi connectivity index (χ0v) is 24.1. The Morgan fingerprint density at radius 3 is 1.56 bits per heavy atom. The maximum Gasteiger partial charge on any atom is 0.187 e. The first kappa shape index (κ1) is 25.4. The summed E-state index contributed by atoms with van der Waals surface area (Å²) in [7, 11) is 0. The Bertz CT molecular complexity index is 1190. The molecule has 0 spiro atoms. The van der Waals surface area contributed by atoms with Crippen molar-refractivity contribution in [3.8, 4) is 11.5 Å². The highest BCUT2D eigenvalue weighted by molar-refractivity contribution is 9.11. The van der Waals surface area contributed by atoms with Gasteiger partial charge in [0.05, 0.1) is 17.9 Å². The van der Waals surface area contributed by atoms with E-state index in [1.807, 2.05) is 30.4 Å². The molecular weight excluding hydrogens is 694 g/mol. The first-order valence-electron chi connectivity index (χ1n) is 10.3. The fraction of sp³-hybridized carbons (Fsp3) is 0.115. The molecule has 2 N–H and O–H groups in total. The van der Waals surface area contributed by atoms with Crippen molar-refractivity contribution in [2.24, 2.45) is 0 Å². The predicted molar refractivity (Wildman–Crippen MR) is 150 cm³/mol. The molecule has 1 saturated heterocycles. The van der Waals surface area contributed by atoms with Gasteiger partial charge in [0, 0.05) is 30.8 Å². The third-order valence-electron chi connectivity index (χ3n) is 5.38. The summed E-state index contributed by atoms with van der Waals surface area (Å²) in [5.74, 6) is 0.212. The molecule has 8 heteroatoms. The van der Waals surface area contributed by atoms with Crippen LogP contribution in [0.1, 0.15) is 16.7 Å². The van der Waals surface area contributed by atoms with Gasteiger partial charge in [-0.2, -0.15) is 0 Å². The van der Waals surface area contributed by atoms with Gasteiger partial charge in [-0.15, -0.1) is 0 Å². The highest BCUT2D eigenvalue weighted by Crippen LogP contribution is 2.36. The molecule has 1 fully saturated rings. The molecule has 1 aliphatic heterocycles. The SMILES string of the molecule is O=C1/C(=C/c2cc(Br)c(O)c(Br)c2)CN(Cc2ccccc2)C/C1=C\c1cc(Br)c(O)c(Br)c1. The van der Waals surface area contributed by atoms with Gasteiger partial charge in [0.1, 0.15) is 11.5 Å². The summed E-state index contributed by atoms with van der Waals surface area (Å²) in [5, 5.41) is 20.1. The van der Waals surface area contributed by atoms with E-state index in [2.05, 4.69) is 80.8 Å². The Labute approximate surface area is 231 Å². The number of rotatable bonds is 4. The highest BCUT2D eigenvalue weighted by Gasteiger charge is 2.26. The van der Waals surface area contributed by atoms with Gasteiger partial charge in [-0.1, -0.05) is 30.3 Å². The van der Waals surface area contributed by atoms with Crippen molar-refractivity contribution in [3.05, 3.63) is 100 Å². The zero-order chi connectivity index (χ0) is 24.4. The van der Waals surface area contributed by atoms with E-state index in [1.54, 1.807) is 24.3 Å². The van der Waals surface area contributed by atoms with Gasteiger partial charge >= 0.3 is 0 Å². The summed E-state index contributed by atoms with van der Waals surface area (Å²) in [6.07, 6.45) is 3.73. The van der Waals surface area contributed by atoms with Gasteiger partial charge in [-0.3, -0.25) is 9.69 Å². The van der Waals surface area contributed by atoms with Gasteiger partial charge < -0.3 is 10.2 Å². The molecule has 3 aromatic rings. The molecular formula is C26H19Br4NO3. The molecule has 0 aromatic heterocycles. The van der Waals surface area contributed by atoms with Gasteiger partial charge in [-0.25, -0.2) is 0 Å². The predicted octanol–water partition coefficient (Wildman–Crippen LogP) is 7.70. The molecule has 0 saturated carbocycles. The van der Waals surface area contributed by atoms with E-state index in [0.29, 0.717) is 48.7 Å². The Balaban J connectivity index is 1.74. The van der Waals surface area contributed by atoms with Crippen molar-refractivity contribution in [2.75, 3.05) is 13.1 Å². The number of hydrogen-bond donors (Lipinski definition) is 2. The van der Waals surface area contributed by atoms with Crippen LogP contribution in [-0.4, -0.2) is 34.0 Å². The summed E-state index contributed by atoms with van der Waals surface area (Å²) in [4.78, 5) is 15.7. The Morgan fingerprint density at radius 1 is 0.735 bits per heavy atom. The normalized spacial score (nSPS) is 17.0. The molecule has 4 nitrogen and oxygen atoms in total. The number of hydrogen-bond acceptors (Lipinski definition) is 4. The van der Waals surface area contributed by atoms with Gasteiger partial charge in [0.15, 0.2) is 5.78 Å². The van der Waals surface area contributed by atoms with Gasteiger partial charge in [-0.05, 0) is 117 Å². The first-order valence-corrected chi connectivity index (χ1v) is 13.5. The molecule has 3 aromatic carbocycles. The van der Waals surface area contributed by atoms with E-state index >= 15 is 0 Å². The number of phenols is 2. The minimum absolute atomic E-state index is 0.0232. The van der Waals surface area contributed by atoms with Gasteiger partial charge in [0.25, 0.3) is 0 Å². The smallest absolute Gasteiger partial charge is 0.187 e. The zero-order valence-electron chi connectivity index (χ0n) is 17.7. The number of ketones is 1. The third-order valence-corrected chi connectivity index (χ3v) is 7.80. The topological polar surface area (TPSA) is 60.8 Å². The number of piperidine rings is 1. The molecule has 0 amide bonds. The van der Waals surface area contributed by atoms with Crippen LogP contribution in [0.25, 0.3) is 12.2 Å². The van der Waals surface area contributed by atoms with Crippen molar-refractivity contribution in [2.45, 2.75) is 6.54 Å². The lowest BCUT2D eigenvalue weighted by Crippen LogP contribution is -2.37. The van der Waals surface area contributed by atoms with Crippen molar-refractivity contribution in [3.63, 3.8) is 0 Å². The molecule has 174 valence electrons. The average Bonchev–Trinajstić information content (AvgIpc) is 2.79. The highest BCUT2D eigenvalue weighted by atomic mass is 79.9. The van der Waals surface area contributed by atoms with E-state index in [9.17, 15) is 15.0 Å². The number of benzene rings is 3. The summed E-state index contributed by atoms with van der Waals surface area (Å²) in [5.41, 5.74) is 4.09. The van der Waals surface area contributed by atoms with E-state index in [4.69, 9.17) is 0 Å². The minimum atomic E-state index is -0.0232. The van der Waals surface area contributed by atoms with Crippen LogP contribution in [-0.2, 0) is 11.3 Å². The van der Waals surface area contributed by atoms with Crippen LogP contribution < -0.4 is 0 Å². The Kier molecular flexibility index (Phi) is 8.15. The fourth-order valence-electron chi connectivity index (χ4n) is 3.80. The number of Topliss-reactive ketones (excluding diaryl/α,β-unsaturated/α-hetero) is 1. The number of halogens is 4. The second kappa shape index (κ2) is 10.9. The van der Waals surface area contributed by atoms with Crippen LogP contribution in [0.2, 0.25) is 0 Å². The van der Waals surface area contributed by atoms with Gasteiger partial charge in [0.2, 0.25) is 0 Å². The molecule has 0 bridgehead atoms. The van der Waals surface area contributed by atoms with Crippen molar-refractivity contribution in [1.29, 1.82) is 0 Å². The Morgan fingerprint density at radius 2 is 1.15 bits per heavy atom. The van der Waals surface area contributed by atoms with Crippen molar-refractivity contribution < 1.29 is 15.0 Å². The summed E-state index contributed by atoms with van der Waals surface area (Å²) in [6.45, 7) is 1.71. The molecule has 34 heavy (non-hydrogen) atoms. The van der Waals surface area contributed by atoms with Crippen LogP contribution in [0.5, 0.6) is 11.5 Å². The molecule has 1 heterocycles. The molecule has 1 aliphatic rings. The quantitative estimate of drug-likeness (QED) is 0.273. The molecule has 0 atom stereocenters. The number of nitrogens with zero attached hydrogens (tertiary/aromatic N) is 1. The second-order valence-electron chi connectivity index (χ2n) is 7.97. The van der Waals surface area contributed by atoms with Crippen LogP contribution in [0, 0.1) is 0 Å². The number of carbonyl (C=O) groups is 1. The maximum atomic E-state index is 13.5. The number of carbonyl (C=O) groups excluding carboxylic acids is 1. The van der Waals surface area contributed by atoms with Crippen molar-refractivity contribution in [1.82, 2.24) is 4.90 Å². The van der Waals surface area contributed by atoms with Crippen LogP contribution >= 0.6 is 63.7 Å². The third kappa shape index (κ3) is 5.91. The summed E-state index contributed by atoms with van der Waals surface area (Å²) >= 11 is 13.5. The largest absolute Gasteiger partial charge is 0.506 e. The second-order valence-corrected chi connectivity index (χ2v) is 11.4. The minimum Gasteiger partial charge on any atom is -0.506 e. The number of phenolic OH excluding ortho intramolecular Hbond substituents is 2. The van der Waals surface area contributed by atoms with Crippen LogP contribution in [0.15, 0.2) is 83.6 Å². The maximum absolute atomic E-state index is 13.5.